The van der Waals surface area contributed by atoms with Gasteiger partial charge in [-0.25, -0.2) is 9.97 Å². The Morgan fingerprint density at radius 2 is 1.90 bits per heavy atom. The van der Waals surface area contributed by atoms with Crippen LogP contribution in [0.1, 0.15) is 17.3 Å². The normalized spacial score (nSPS) is 16.5. The van der Waals surface area contributed by atoms with Crippen molar-refractivity contribution in [1.82, 2.24) is 20.2 Å². The minimum absolute atomic E-state index is 0.0610. The summed E-state index contributed by atoms with van der Waals surface area (Å²) in [6.45, 7) is 4.37. The number of carbonyl (C=O) groups is 1. The Balaban J connectivity index is 1.45. The highest BCUT2D eigenvalue weighted by Crippen LogP contribution is 2.22. The molecule has 0 radical (unpaired) electrons. The Morgan fingerprint density at radius 3 is 2.62 bits per heavy atom. The number of hydrogen-bond donors (Lipinski definition) is 2. The average molecular weight is 408 g/mol. The molecule has 6 nitrogen and oxygen atoms in total. The third-order valence-electron chi connectivity index (χ3n) is 4.84. The first-order chi connectivity index (χ1) is 14.1. The molecule has 148 valence electrons. The second kappa shape index (κ2) is 8.59. The summed E-state index contributed by atoms with van der Waals surface area (Å²) in [5.41, 5.74) is 3.27. The lowest BCUT2D eigenvalue weighted by molar-refractivity contribution is 0.0709. The van der Waals surface area contributed by atoms with E-state index in [9.17, 15) is 4.79 Å². The molecule has 7 heteroatoms. The summed E-state index contributed by atoms with van der Waals surface area (Å²) in [7, 11) is 0. The summed E-state index contributed by atoms with van der Waals surface area (Å²) in [4.78, 5) is 23.4. The maximum Gasteiger partial charge on any atom is 0.253 e. The highest BCUT2D eigenvalue weighted by molar-refractivity contribution is 6.30. The molecular formula is C22H22ClN5O. The molecule has 29 heavy (non-hydrogen) atoms. The van der Waals surface area contributed by atoms with Gasteiger partial charge in [0.15, 0.2) is 0 Å². The Hall–Kier alpha value is -2.96. The predicted octanol–water partition coefficient (Wildman–Crippen LogP) is 3.97. The lowest BCUT2D eigenvalue weighted by Gasteiger charge is -2.32. The summed E-state index contributed by atoms with van der Waals surface area (Å²) >= 11 is 5.95. The molecule has 2 N–H and O–H groups in total. The maximum atomic E-state index is 12.7. The van der Waals surface area contributed by atoms with Gasteiger partial charge in [-0.1, -0.05) is 23.7 Å². The van der Waals surface area contributed by atoms with Crippen molar-refractivity contribution in [2.45, 2.75) is 13.0 Å². The van der Waals surface area contributed by atoms with E-state index in [1.807, 2.05) is 59.5 Å². The molecule has 1 aromatic heterocycles. The molecule has 1 unspecified atom stereocenters. The molecular weight excluding hydrogens is 386 g/mol. The zero-order chi connectivity index (χ0) is 20.2. The van der Waals surface area contributed by atoms with Crippen LogP contribution in [0, 0.1) is 0 Å². The number of amides is 1. The van der Waals surface area contributed by atoms with Crippen molar-refractivity contribution in [3.05, 3.63) is 71.4 Å². The van der Waals surface area contributed by atoms with Crippen LogP contribution in [-0.2, 0) is 0 Å². The SMILES string of the molecule is CC1CN(C(=O)c2ccc(Nc3nccc(-c4ccc(Cl)cc4)n3)cc2)CCN1. The fourth-order valence-electron chi connectivity index (χ4n) is 3.32. The van der Waals surface area contributed by atoms with Crippen molar-refractivity contribution in [3.63, 3.8) is 0 Å². The van der Waals surface area contributed by atoms with Gasteiger partial charge in [-0.2, -0.15) is 0 Å². The predicted molar refractivity (Wildman–Crippen MR) is 116 cm³/mol. The van der Waals surface area contributed by atoms with Crippen LogP contribution < -0.4 is 10.6 Å². The number of carbonyl (C=O) groups excluding carboxylic acids is 1. The Labute approximate surface area is 174 Å². The molecule has 1 amide bonds. The summed E-state index contributed by atoms with van der Waals surface area (Å²) < 4.78 is 0. The van der Waals surface area contributed by atoms with Gasteiger partial charge < -0.3 is 15.5 Å². The van der Waals surface area contributed by atoms with Gasteiger partial charge in [-0.15, -0.1) is 0 Å². The molecule has 0 spiro atoms. The molecule has 2 heterocycles. The van der Waals surface area contributed by atoms with Crippen LogP contribution in [0.2, 0.25) is 5.02 Å². The van der Waals surface area contributed by atoms with Crippen molar-refractivity contribution in [3.8, 4) is 11.3 Å². The third kappa shape index (κ3) is 4.72. The summed E-state index contributed by atoms with van der Waals surface area (Å²) in [5, 5.41) is 7.23. The van der Waals surface area contributed by atoms with Gasteiger partial charge in [0, 0.05) is 53.7 Å². The van der Waals surface area contributed by atoms with Crippen LogP contribution in [0.25, 0.3) is 11.3 Å². The zero-order valence-corrected chi connectivity index (χ0v) is 16.9. The highest BCUT2D eigenvalue weighted by Gasteiger charge is 2.21. The van der Waals surface area contributed by atoms with Crippen LogP contribution in [0.5, 0.6) is 0 Å². The van der Waals surface area contributed by atoms with E-state index in [1.54, 1.807) is 6.20 Å². The standard InChI is InChI=1S/C22H22ClN5O/c1-15-14-28(13-12-24-15)21(29)17-4-8-19(9-5-17)26-22-25-11-10-20(27-22)16-2-6-18(23)7-3-16/h2-11,15,24H,12-14H2,1H3,(H,25,26,27). The number of benzene rings is 2. The van der Waals surface area contributed by atoms with E-state index in [-0.39, 0.29) is 5.91 Å². The second-order valence-corrected chi connectivity index (χ2v) is 7.52. The minimum atomic E-state index is 0.0610. The van der Waals surface area contributed by atoms with Crippen LogP contribution in [0.4, 0.5) is 11.6 Å². The van der Waals surface area contributed by atoms with Crippen molar-refractivity contribution >= 4 is 29.1 Å². The molecule has 1 saturated heterocycles. The van der Waals surface area contributed by atoms with Crippen molar-refractivity contribution < 1.29 is 4.79 Å². The van der Waals surface area contributed by atoms with Gasteiger partial charge in [-0.3, -0.25) is 4.79 Å². The molecule has 1 aliphatic heterocycles. The first-order valence-electron chi connectivity index (χ1n) is 9.57. The Morgan fingerprint density at radius 1 is 1.14 bits per heavy atom. The molecule has 1 fully saturated rings. The third-order valence-corrected chi connectivity index (χ3v) is 5.09. The lowest BCUT2D eigenvalue weighted by Crippen LogP contribution is -2.51. The number of hydrogen-bond acceptors (Lipinski definition) is 5. The molecule has 4 rings (SSSR count). The topological polar surface area (TPSA) is 70.2 Å². The number of piperazine rings is 1. The maximum absolute atomic E-state index is 12.7. The van der Waals surface area contributed by atoms with Gasteiger partial charge in [0.05, 0.1) is 5.69 Å². The molecule has 0 saturated carbocycles. The second-order valence-electron chi connectivity index (χ2n) is 7.08. The average Bonchev–Trinajstić information content (AvgIpc) is 2.74. The Bertz CT molecular complexity index is 991. The van der Waals surface area contributed by atoms with E-state index in [4.69, 9.17) is 11.6 Å². The summed E-state index contributed by atoms with van der Waals surface area (Å²) in [6, 6.07) is 17.1. The van der Waals surface area contributed by atoms with Crippen molar-refractivity contribution in [2.75, 3.05) is 25.0 Å². The largest absolute Gasteiger partial charge is 0.336 e. The first kappa shape index (κ1) is 19.4. The number of halogens is 1. The van der Waals surface area contributed by atoms with Gasteiger partial charge in [-0.05, 0) is 49.4 Å². The lowest BCUT2D eigenvalue weighted by atomic mass is 10.1. The van der Waals surface area contributed by atoms with E-state index in [1.165, 1.54) is 0 Å². The molecule has 1 aliphatic rings. The number of aromatic nitrogens is 2. The Kier molecular flexibility index (Phi) is 5.74. The summed E-state index contributed by atoms with van der Waals surface area (Å²) in [5.74, 6) is 0.554. The fraction of sp³-hybridized carbons (Fsp3) is 0.227. The molecule has 0 bridgehead atoms. The number of nitrogens with zero attached hydrogens (tertiary/aromatic N) is 3. The fourth-order valence-corrected chi connectivity index (χ4v) is 3.45. The van der Waals surface area contributed by atoms with Gasteiger partial charge in [0.2, 0.25) is 5.95 Å². The molecule has 2 aromatic carbocycles. The molecule has 0 aliphatic carbocycles. The van der Waals surface area contributed by atoms with Gasteiger partial charge >= 0.3 is 0 Å². The van der Waals surface area contributed by atoms with E-state index >= 15 is 0 Å². The van der Waals surface area contributed by atoms with Crippen LogP contribution in [-0.4, -0.2) is 46.5 Å². The van der Waals surface area contributed by atoms with E-state index in [2.05, 4.69) is 27.5 Å². The van der Waals surface area contributed by atoms with Crippen LogP contribution in [0.3, 0.4) is 0 Å². The zero-order valence-electron chi connectivity index (χ0n) is 16.1. The van der Waals surface area contributed by atoms with Gasteiger partial charge in [0.1, 0.15) is 0 Å². The monoisotopic (exact) mass is 407 g/mol. The van der Waals surface area contributed by atoms with Crippen molar-refractivity contribution in [1.29, 1.82) is 0 Å². The highest BCUT2D eigenvalue weighted by atomic mass is 35.5. The van der Waals surface area contributed by atoms with Crippen LogP contribution in [0.15, 0.2) is 60.8 Å². The van der Waals surface area contributed by atoms with Crippen molar-refractivity contribution in [2.24, 2.45) is 0 Å². The first-order valence-corrected chi connectivity index (χ1v) is 9.95. The van der Waals surface area contributed by atoms with Gasteiger partial charge in [0.25, 0.3) is 5.91 Å². The smallest absolute Gasteiger partial charge is 0.253 e. The number of nitrogens with one attached hydrogen (secondary N) is 2. The quantitative estimate of drug-likeness (QED) is 0.684. The van der Waals surface area contributed by atoms with E-state index in [0.29, 0.717) is 22.6 Å². The minimum Gasteiger partial charge on any atom is -0.336 e. The van der Waals surface area contributed by atoms with E-state index in [0.717, 1.165) is 36.6 Å². The molecule has 1 atom stereocenters. The number of anilines is 2. The summed E-state index contributed by atoms with van der Waals surface area (Å²) in [6.07, 6.45) is 1.71. The van der Waals surface area contributed by atoms with E-state index < -0.39 is 0 Å². The number of rotatable bonds is 4. The van der Waals surface area contributed by atoms with Crippen LogP contribution >= 0.6 is 11.6 Å². The molecule has 3 aromatic rings.